The van der Waals surface area contributed by atoms with E-state index in [2.05, 4.69) is 108 Å². The fourth-order valence-corrected chi connectivity index (χ4v) is 5.66. The van der Waals surface area contributed by atoms with Gasteiger partial charge in [0.25, 0.3) is 5.91 Å². The molecule has 0 spiro atoms. The highest BCUT2D eigenvalue weighted by Crippen LogP contribution is 2.28. The number of aryl methyl sites for hydroxylation is 2. The molecule has 0 atom stereocenters. The standard InChI is InChI=1S/C24H21BrI2N4O/c1-3-4-5-15-6-8-17(9-7-15)31-29-21-10-14(2)20(13-22(21)30-31)28-24(32)18-11-16(26)12-19(27)23(18)25/h6-13H,3-5H2,1-2H3,(H,28,32). The van der Waals surface area contributed by atoms with Gasteiger partial charge in [0, 0.05) is 17.3 Å². The first-order valence-electron chi connectivity index (χ1n) is 10.3. The van der Waals surface area contributed by atoms with Gasteiger partial charge in [-0.15, -0.1) is 10.2 Å². The van der Waals surface area contributed by atoms with Crippen molar-refractivity contribution in [1.29, 1.82) is 0 Å². The zero-order valence-electron chi connectivity index (χ0n) is 17.6. The number of aromatic nitrogens is 3. The number of unbranched alkanes of at least 4 members (excludes halogenated alkanes) is 1. The van der Waals surface area contributed by atoms with E-state index in [0.717, 1.165) is 46.0 Å². The van der Waals surface area contributed by atoms with E-state index in [4.69, 9.17) is 0 Å². The van der Waals surface area contributed by atoms with Crippen molar-refractivity contribution in [3.63, 3.8) is 0 Å². The maximum Gasteiger partial charge on any atom is 0.256 e. The number of carbonyl (C=O) groups excluding carboxylic acids is 1. The molecule has 0 saturated heterocycles. The first kappa shape index (κ1) is 23.6. The molecule has 0 aliphatic carbocycles. The van der Waals surface area contributed by atoms with Crippen LogP contribution in [-0.2, 0) is 6.42 Å². The lowest BCUT2D eigenvalue weighted by molar-refractivity contribution is 0.102. The van der Waals surface area contributed by atoms with E-state index >= 15 is 0 Å². The molecule has 0 unspecified atom stereocenters. The molecule has 0 bridgehead atoms. The first-order valence-corrected chi connectivity index (χ1v) is 13.2. The average Bonchev–Trinajstić information content (AvgIpc) is 3.18. The van der Waals surface area contributed by atoms with Gasteiger partial charge in [-0.3, -0.25) is 4.79 Å². The van der Waals surface area contributed by atoms with Gasteiger partial charge in [-0.05, 0) is 128 Å². The summed E-state index contributed by atoms with van der Waals surface area (Å²) in [6, 6.07) is 16.1. The van der Waals surface area contributed by atoms with Crippen molar-refractivity contribution in [2.24, 2.45) is 0 Å². The van der Waals surface area contributed by atoms with Crippen LogP contribution in [-0.4, -0.2) is 20.9 Å². The van der Waals surface area contributed by atoms with Crippen LogP contribution >= 0.6 is 61.1 Å². The van der Waals surface area contributed by atoms with Gasteiger partial charge in [0.05, 0.1) is 11.3 Å². The second kappa shape index (κ2) is 10.2. The Bertz CT molecular complexity index is 1300. The Balaban J connectivity index is 1.61. The second-order valence-corrected chi connectivity index (χ2v) is 10.8. The highest BCUT2D eigenvalue weighted by atomic mass is 127. The van der Waals surface area contributed by atoms with Gasteiger partial charge < -0.3 is 5.32 Å². The van der Waals surface area contributed by atoms with Crippen LogP contribution in [0.5, 0.6) is 0 Å². The van der Waals surface area contributed by atoms with E-state index in [1.54, 1.807) is 4.80 Å². The number of hydrogen-bond donors (Lipinski definition) is 1. The molecule has 0 aliphatic rings. The lowest BCUT2D eigenvalue weighted by atomic mass is 10.1. The van der Waals surface area contributed by atoms with E-state index in [1.165, 1.54) is 18.4 Å². The van der Waals surface area contributed by atoms with Gasteiger partial charge in [0.1, 0.15) is 11.0 Å². The Morgan fingerprint density at radius 1 is 1.06 bits per heavy atom. The third-order valence-electron chi connectivity index (χ3n) is 5.20. The highest BCUT2D eigenvalue weighted by molar-refractivity contribution is 14.1. The first-order chi connectivity index (χ1) is 15.4. The molecule has 4 aromatic rings. The summed E-state index contributed by atoms with van der Waals surface area (Å²) in [6.45, 7) is 4.16. The predicted octanol–water partition coefficient (Wildman–Crippen LogP) is 7.30. The number of anilines is 1. The molecule has 0 saturated carbocycles. The minimum absolute atomic E-state index is 0.161. The fraction of sp³-hybridized carbons (Fsp3) is 0.208. The molecule has 0 aliphatic heterocycles. The van der Waals surface area contributed by atoms with Crippen LogP contribution in [0.4, 0.5) is 5.69 Å². The summed E-state index contributed by atoms with van der Waals surface area (Å²) in [5.41, 5.74) is 6.03. The van der Waals surface area contributed by atoms with Crippen molar-refractivity contribution in [1.82, 2.24) is 15.0 Å². The van der Waals surface area contributed by atoms with Crippen molar-refractivity contribution < 1.29 is 4.79 Å². The normalized spacial score (nSPS) is 11.2. The van der Waals surface area contributed by atoms with Crippen LogP contribution in [0.1, 0.15) is 41.3 Å². The Morgan fingerprint density at radius 2 is 1.75 bits per heavy atom. The Labute approximate surface area is 222 Å². The lowest BCUT2D eigenvalue weighted by Gasteiger charge is -2.11. The van der Waals surface area contributed by atoms with Gasteiger partial charge >= 0.3 is 0 Å². The summed E-state index contributed by atoms with van der Waals surface area (Å²) in [5.74, 6) is -0.161. The molecule has 4 rings (SSSR count). The number of hydrogen-bond acceptors (Lipinski definition) is 3. The molecular formula is C24H21BrI2N4O. The number of benzene rings is 3. The quantitative estimate of drug-likeness (QED) is 0.169. The van der Waals surface area contributed by atoms with Crippen LogP contribution in [0, 0.1) is 14.1 Å². The molecule has 1 N–H and O–H groups in total. The number of rotatable bonds is 6. The van der Waals surface area contributed by atoms with Crippen molar-refractivity contribution in [2.45, 2.75) is 33.1 Å². The van der Waals surface area contributed by atoms with E-state index in [9.17, 15) is 4.79 Å². The SMILES string of the molecule is CCCCc1ccc(-n2nc3cc(C)c(NC(=O)c4cc(I)cc(I)c4Br)cc3n2)cc1. The van der Waals surface area contributed by atoms with E-state index in [1.807, 2.05) is 31.2 Å². The van der Waals surface area contributed by atoms with Crippen molar-refractivity contribution in [3.05, 3.63) is 76.8 Å². The molecule has 5 nitrogen and oxygen atoms in total. The third kappa shape index (κ3) is 5.17. The molecule has 0 radical (unpaired) electrons. The maximum absolute atomic E-state index is 13.0. The fourth-order valence-electron chi connectivity index (χ4n) is 3.41. The van der Waals surface area contributed by atoms with Crippen LogP contribution in [0.15, 0.2) is 53.0 Å². The number of carbonyl (C=O) groups is 1. The summed E-state index contributed by atoms with van der Waals surface area (Å²) in [5, 5.41) is 12.3. The highest BCUT2D eigenvalue weighted by Gasteiger charge is 2.16. The number of amides is 1. The Hall–Kier alpha value is -1.53. The number of fused-ring (bicyclic) bond motifs is 1. The van der Waals surface area contributed by atoms with Crippen LogP contribution in [0.3, 0.4) is 0 Å². The Morgan fingerprint density at radius 3 is 2.44 bits per heavy atom. The van der Waals surface area contributed by atoms with Crippen molar-refractivity contribution in [2.75, 3.05) is 5.32 Å². The molecule has 1 aromatic heterocycles. The molecule has 8 heteroatoms. The van der Waals surface area contributed by atoms with Crippen LogP contribution in [0.25, 0.3) is 16.7 Å². The Kier molecular flexibility index (Phi) is 7.51. The number of nitrogens with one attached hydrogen (secondary N) is 1. The minimum atomic E-state index is -0.161. The van der Waals surface area contributed by atoms with Gasteiger partial charge in [0.2, 0.25) is 0 Å². The summed E-state index contributed by atoms with van der Waals surface area (Å²) < 4.78 is 2.80. The third-order valence-corrected chi connectivity index (χ3v) is 8.27. The van der Waals surface area contributed by atoms with E-state index in [-0.39, 0.29) is 5.91 Å². The van der Waals surface area contributed by atoms with Crippen LogP contribution in [0.2, 0.25) is 0 Å². The maximum atomic E-state index is 13.0. The summed E-state index contributed by atoms with van der Waals surface area (Å²) in [7, 11) is 0. The van der Waals surface area contributed by atoms with Gasteiger partial charge in [-0.2, -0.15) is 4.80 Å². The zero-order chi connectivity index (χ0) is 22.8. The number of nitrogens with zero attached hydrogens (tertiary/aromatic N) is 3. The molecule has 1 heterocycles. The molecular weight excluding hydrogens is 694 g/mol. The van der Waals surface area contributed by atoms with Gasteiger partial charge in [-0.1, -0.05) is 25.5 Å². The zero-order valence-corrected chi connectivity index (χ0v) is 23.5. The average molecular weight is 715 g/mol. The van der Waals surface area contributed by atoms with Crippen LogP contribution < -0.4 is 5.32 Å². The van der Waals surface area contributed by atoms with Crippen molar-refractivity contribution >= 4 is 83.7 Å². The molecule has 32 heavy (non-hydrogen) atoms. The monoisotopic (exact) mass is 714 g/mol. The van der Waals surface area contributed by atoms with Gasteiger partial charge in [-0.25, -0.2) is 0 Å². The second-order valence-electron chi connectivity index (χ2n) is 7.62. The molecule has 164 valence electrons. The number of halogens is 3. The van der Waals surface area contributed by atoms with Crippen molar-refractivity contribution in [3.8, 4) is 5.69 Å². The van der Waals surface area contributed by atoms with E-state index < -0.39 is 0 Å². The minimum Gasteiger partial charge on any atom is -0.322 e. The lowest BCUT2D eigenvalue weighted by Crippen LogP contribution is -2.14. The summed E-state index contributed by atoms with van der Waals surface area (Å²) in [6.07, 6.45) is 3.46. The topological polar surface area (TPSA) is 59.8 Å². The summed E-state index contributed by atoms with van der Waals surface area (Å²) in [4.78, 5) is 14.6. The molecule has 0 fully saturated rings. The predicted molar refractivity (Wildman–Crippen MR) is 150 cm³/mol. The largest absolute Gasteiger partial charge is 0.322 e. The van der Waals surface area contributed by atoms with E-state index in [0.29, 0.717) is 5.56 Å². The molecule has 3 aromatic carbocycles. The summed E-state index contributed by atoms with van der Waals surface area (Å²) >= 11 is 7.98. The smallest absolute Gasteiger partial charge is 0.256 e. The van der Waals surface area contributed by atoms with Gasteiger partial charge in [0.15, 0.2) is 0 Å². The molecule has 1 amide bonds.